The Morgan fingerprint density at radius 3 is 2.25 bits per heavy atom. The summed E-state index contributed by atoms with van der Waals surface area (Å²) in [6.07, 6.45) is 0. The minimum Gasteiger partial charge on any atom is -0.489 e. The summed E-state index contributed by atoms with van der Waals surface area (Å²) in [5, 5.41) is 0. The molecule has 1 aliphatic heterocycles. The molecule has 4 heteroatoms. The quantitative estimate of drug-likeness (QED) is 0.773. The molecule has 0 aromatic heterocycles. The largest absolute Gasteiger partial charge is 0.489 e. The number of nitrogens with zero attached hydrogens (tertiary/aromatic N) is 2. The van der Waals surface area contributed by atoms with Crippen molar-refractivity contribution in [3.05, 3.63) is 65.7 Å². The summed E-state index contributed by atoms with van der Waals surface area (Å²) in [7, 11) is 0. The lowest BCUT2D eigenvalue weighted by Gasteiger charge is -2.35. The summed E-state index contributed by atoms with van der Waals surface area (Å²) in [5.74, 6) is 0.876. The molecule has 2 aromatic rings. The third kappa shape index (κ3) is 4.34. The smallest absolute Gasteiger partial charge is 0.119 e. The number of rotatable bonds is 5. The SMILES string of the molecule is CCN1CCN(C(=S)c2ccc(OCc3ccccc3)cc2)CC1. The highest BCUT2D eigenvalue weighted by Gasteiger charge is 2.18. The van der Waals surface area contributed by atoms with Gasteiger partial charge in [0.15, 0.2) is 0 Å². The molecule has 2 aromatic carbocycles. The molecule has 1 heterocycles. The van der Waals surface area contributed by atoms with Gasteiger partial charge in [-0.1, -0.05) is 49.5 Å². The van der Waals surface area contributed by atoms with Gasteiger partial charge in [-0.15, -0.1) is 0 Å². The first kappa shape index (κ1) is 16.9. The molecule has 0 saturated carbocycles. The van der Waals surface area contributed by atoms with Crippen LogP contribution in [0, 0.1) is 0 Å². The fourth-order valence-corrected chi connectivity index (χ4v) is 3.20. The zero-order valence-electron chi connectivity index (χ0n) is 14.1. The number of piperazine rings is 1. The second-order valence-corrected chi connectivity index (χ2v) is 6.41. The van der Waals surface area contributed by atoms with E-state index < -0.39 is 0 Å². The molecule has 3 rings (SSSR count). The van der Waals surface area contributed by atoms with E-state index in [0.29, 0.717) is 6.61 Å². The molecule has 1 fully saturated rings. The fraction of sp³-hybridized carbons (Fsp3) is 0.350. The van der Waals surface area contributed by atoms with Gasteiger partial charge in [-0.3, -0.25) is 0 Å². The topological polar surface area (TPSA) is 15.7 Å². The number of hydrogen-bond donors (Lipinski definition) is 0. The van der Waals surface area contributed by atoms with Crippen molar-refractivity contribution in [3.8, 4) is 5.75 Å². The standard InChI is InChI=1S/C20H24N2OS/c1-2-21-12-14-22(15-13-21)20(24)18-8-10-19(11-9-18)23-16-17-6-4-3-5-7-17/h3-11H,2,12-16H2,1H3. The molecule has 0 amide bonds. The van der Waals surface area contributed by atoms with Crippen LogP contribution in [0.4, 0.5) is 0 Å². The van der Waals surface area contributed by atoms with E-state index >= 15 is 0 Å². The van der Waals surface area contributed by atoms with Crippen molar-refractivity contribution in [2.24, 2.45) is 0 Å². The molecule has 1 saturated heterocycles. The first-order valence-corrected chi connectivity index (χ1v) is 8.95. The van der Waals surface area contributed by atoms with E-state index in [2.05, 4.69) is 41.0 Å². The third-order valence-electron chi connectivity index (χ3n) is 4.46. The lowest BCUT2D eigenvalue weighted by molar-refractivity contribution is 0.192. The number of likely N-dealkylation sites (N-methyl/N-ethyl adjacent to an activating group) is 1. The average molecular weight is 340 g/mol. The van der Waals surface area contributed by atoms with Crippen molar-refractivity contribution in [3.63, 3.8) is 0 Å². The van der Waals surface area contributed by atoms with Gasteiger partial charge in [0.25, 0.3) is 0 Å². The van der Waals surface area contributed by atoms with Crippen molar-refractivity contribution in [2.45, 2.75) is 13.5 Å². The highest BCUT2D eigenvalue weighted by molar-refractivity contribution is 7.80. The van der Waals surface area contributed by atoms with Gasteiger partial charge in [-0.05, 0) is 36.4 Å². The summed E-state index contributed by atoms with van der Waals surface area (Å²) in [5.41, 5.74) is 2.27. The van der Waals surface area contributed by atoms with Gasteiger partial charge in [0.2, 0.25) is 0 Å². The van der Waals surface area contributed by atoms with Crippen LogP contribution in [0.2, 0.25) is 0 Å². The zero-order chi connectivity index (χ0) is 16.8. The maximum absolute atomic E-state index is 5.84. The van der Waals surface area contributed by atoms with Gasteiger partial charge in [0.1, 0.15) is 17.3 Å². The Hall–Kier alpha value is -1.91. The molecule has 0 bridgehead atoms. The minimum atomic E-state index is 0.587. The first-order chi connectivity index (χ1) is 11.8. The predicted octanol–water partition coefficient (Wildman–Crippen LogP) is 3.58. The van der Waals surface area contributed by atoms with E-state index in [9.17, 15) is 0 Å². The van der Waals surface area contributed by atoms with Gasteiger partial charge in [0, 0.05) is 31.7 Å². The fourth-order valence-electron chi connectivity index (χ4n) is 2.88. The van der Waals surface area contributed by atoms with Crippen LogP contribution in [0.3, 0.4) is 0 Å². The number of hydrogen-bond acceptors (Lipinski definition) is 3. The molecule has 0 atom stereocenters. The maximum Gasteiger partial charge on any atom is 0.119 e. The molecule has 0 N–H and O–H groups in total. The Bertz CT molecular complexity index is 649. The second-order valence-electron chi connectivity index (χ2n) is 6.03. The Labute approximate surface area is 149 Å². The Balaban J connectivity index is 1.55. The van der Waals surface area contributed by atoms with Gasteiger partial charge < -0.3 is 14.5 Å². The Morgan fingerprint density at radius 2 is 1.62 bits per heavy atom. The van der Waals surface area contributed by atoms with Crippen molar-refractivity contribution < 1.29 is 4.74 Å². The average Bonchev–Trinajstić information content (AvgIpc) is 2.67. The van der Waals surface area contributed by atoms with E-state index in [1.165, 1.54) is 5.56 Å². The number of thiocarbonyl (C=S) groups is 1. The van der Waals surface area contributed by atoms with E-state index in [0.717, 1.165) is 49.0 Å². The van der Waals surface area contributed by atoms with Crippen LogP contribution >= 0.6 is 12.2 Å². The van der Waals surface area contributed by atoms with Crippen LogP contribution < -0.4 is 4.74 Å². The van der Waals surface area contributed by atoms with Crippen LogP contribution in [0.1, 0.15) is 18.1 Å². The van der Waals surface area contributed by atoms with Crippen molar-refractivity contribution in [2.75, 3.05) is 32.7 Å². The normalized spacial score (nSPS) is 15.3. The molecule has 126 valence electrons. The molecular weight excluding hydrogens is 316 g/mol. The predicted molar refractivity (Wildman–Crippen MR) is 103 cm³/mol. The Kier molecular flexibility index (Phi) is 5.83. The zero-order valence-corrected chi connectivity index (χ0v) is 15.0. The summed E-state index contributed by atoms with van der Waals surface area (Å²) in [4.78, 5) is 5.71. The molecule has 0 spiro atoms. The molecule has 24 heavy (non-hydrogen) atoms. The third-order valence-corrected chi connectivity index (χ3v) is 4.95. The number of benzene rings is 2. The second kappa shape index (κ2) is 8.27. The van der Waals surface area contributed by atoms with Gasteiger partial charge in [-0.2, -0.15) is 0 Å². The van der Waals surface area contributed by atoms with Crippen LogP contribution in [0.5, 0.6) is 5.75 Å². The lowest BCUT2D eigenvalue weighted by Crippen LogP contribution is -2.48. The van der Waals surface area contributed by atoms with Gasteiger partial charge in [-0.25, -0.2) is 0 Å². The minimum absolute atomic E-state index is 0.587. The lowest BCUT2D eigenvalue weighted by atomic mass is 10.2. The number of ether oxygens (including phenoxy) is 1. The van der Waals surface area contributed by atoms with Crippen LogP contribution in [0.15, 0.2) is 54.6 Å². The molecule has 3 nitrogen and oxygen atoms in total. The molecule has 0 unspecified atom stereocenters. The van der Waals surface area contributed by atoms with Crippen LogP contribution in [0.25, 0.3) is 0 Å². The maximum atomic E-state index is 5.84. The molecule has 1 aliphatic rings. The van der Waals surface area contributed by atoms with E-state index in [4.69, 9.17) is 17.0 Å². The molecular formula is C20H24N2OS. The highest BCUT2D eigenvalue weighted by atomic mass is 32.1. The van der Waals surface area contributed by atoms with Crippen molar-refractivity contribution in [1.82, 2.24) is 9.80 Å². The molecule has 0 aliphatic carbocycles. The summed E-state index contributed by atoms with van der Waals surface area (Å²) < 4.78 is 5.84. The summed E-state index contributed by atoms with van der Waals surface area (Å²) in [6.45, 7) is 8.13. The monoisotopic (exact) mass is 340 g/mol. The van der Waals surface area contributed by atoms with Gasteiger partial charge >= 0.3 is 0 Å². The van der Waals surface area contributed by atoms with E-state index in [1.54, 1.807) is 0 Å². The summed E-state index contributed by atoms with van der Waals surface area (Å²) in [6, 6.07) is 18.3. The van der Waals surface area contributed by atoms with Gasteiger partial charge in [0.05, 0.1) is 0 Å². The van der Waals surface area contributed by atoms with E-state index in [-0.39, 0.29) is 0 Å². The Morgan fingerprint density at radius 1 is 0.958 bits per heavy atom. The van der Waals surface area contributed by atoms with Crippen LogP contribution in [-0.4, -0.2) is 47.5 Å². The van der Waals surface area contributed by atoms with E-state index in [1.807, 2.05) is 30.3 Å². The molecule has 0 radical (unpaired) electrons. The first-order valence-electron chi connectivity index (χ1n) is 8.54. The van der Waals surface area contributed by atoms with Crippen molar-refractivity contribution in [1.29, 1.82) is 0 Å². The summed E-state index contributed by atoms with van der Waals surface area (Å²) >= 11 is 5.67. The van der Waals surface area contributed by atoms with Crippen LogP contribution in [-0.2, 0) is 6.61 Å². The highest BCUT2D eigenvalue weighted by Crippen LogP contribution is 2.17. The van der Waals surface area contributed by atoms with Crippen molar-refractivity contribution >= 4 is 17.2 Å².